The summed E-state index contributed by atoms with van der Waals surface area (Å²) in [5.74, 6) is 0.801. The predicted octanol–water partition coefficient (Wildman–Crippen LogP) is 3.90. The Morgan fingerprint density at radius 2 is 2.05 bits per heavy atom. The maximum absolute atomic E-state index is 8.94. The van der Waals surface area contributed by atoms with Crippen LogP contribution >= 0.6 is 27.3 Å². The van der Waals surface area contributed by atoms with Gasteiger partial charge in [-0.2, -0.15) is 0 Å². The van der Waals surface area contributed by atoms with E-state index in [1.54, 1.807) is 11.3 Å². The fraction of sp³-hybridized carbons (Fsp3) is 0.375. The van der Waals surface area contributed by atoms with Gasteiger partial charge in [0.05, 0.1) is 0 Å². The highest BCUT2D eigenvalue weighted by Gasteiger charge is 2.22. The molecule has 0 fully saturated rings. The quantitative estimate of drug-likeness (QED) is 0.777. The van der Waals surface area contributed by atoms with Crippen molar-refractivity contribution in [2.24, 2.45) is 5.73 Å². The number of aliphatic hydroxyl groups excluding tert-OH is 1. The molecule has 0 saturated carbocycles. The van der Waals surface area contributed by atoms with Crippen molar-refractivity contribution in [3.05, 3.63) is 50.6 Å². The lowest BCUT2D eigenvalue weighted by Crippen LogP contribution is -2.30. The van der Waals surface area contributed by atoms with Crippen LogP contribution in [0.2, 0.25) is 0 Å². The fourth-order valence-electron chi connectivity index (χ4n) is 2.06. The molecule has 0 bridgehead atoms. The molecule has 1 aromatic heterocycles. The van der Waals surface area contributed by atoms with E-state index in [9.17, 15) is 0 Å². The molecular weight excluding hydrogens is 350 g/mol. The van der Waals surface area contributed by atoms with Gasteiger partial charge in [0, 0.05) is 27.4 Å². The van der Waals surface area contributed by atoms with Crippen molar-refractivity contribution in [2.75, 3.05) is 6.61 Å². The van der Waals surface area contributed by atoms with Gasteiger partial charge in [-0.3, -0.25) is 0 Å². The summed E-state index contributed by atoms with van der Waals surface area (Å²) >= 11 is 5.12. The highest BCUT2D eigenvalue weighted by molar-refractivity contribution is 9.10. The first kappa shape index (κ1) is 16.5. The average Bonchev–Trinajstić information content (AvgIpc) is 2.92. The van der Waals surface area contributed by atoms with E-state index in [1.807, 2.05) is 29.6 Å². The Bertz CT molecular complexity index is 556. The highest BCUT2D eigenvalue weighted by Crippen LogP contribution is 2.32. The zero-order chi connectivity index (χ0) is 15.2. The molecule has 5 heteroatoms. The smallest absolute Gasteiger partial charge is 0.148 e. The van der Waals surface area contributed by atoms with Crippen LogP contribution in [-0.4, -0.2) is 17.8 Å². The Morgan fingerprint density at radius 3 is 2.57 bits per heavy atom. The van der Waals surface area contributed by atoms with Gasteiger partial charge in [-0.25, -0.2) is 0 Å². The van der Waals surface area contributed by atoms with Crippen molar-refractivity contribution >= 4 is 27.3 Å². The molecule has 0 aliphatic rings. The van der Waals surface area contributed by atoms with E-state index in [2.05, 4.69) is 28.9 Å². The number of rotatable bonds is 7. The summed E-state index contributed by atoms with van der Waals surface area (Å²) in [6.45, 7) is 2.22. The molecule has 3 nitrogen and oxygen atoms in total. The second-order valence-corrected chi connectivity index (χ2v) is 6.75. The van der Waals surface area contributed by atoms with Crippen LogP contribution in [0.4, 0.5) is 0 Å². The number of aliphatic hydroxyl groups is 1. The molecule has 114 valence electrons. The first-order valence-corrected chi connectivity index (χ1v) is 8.67. The normalized spacial score (nSPS) is 13.9. The van der Waals surface area contributed by atoms with E-state index in [0.717, 1.165) is 27.1 Å². The molecule has 2 rings (SSSR count). The topological polar surface area (TPSA) is 55.5 Å². The lowest BCUT2D eigenvalue weighted by molar-refractivity contribution is 0.174. The Kier molecular flexibility index (Phi) is 6.23. The van der Waals surface area contributed by atoms with Crippen LogP contribution in [0.1, 0.15) is 29.9 Å². The molecule has 2 atom stereocenters. The number of benzene rings is 1. The van der Waals surface area contributed by atoms with Gasteiger partial charge in [0.15, 0.2) is 0 Å². The molecule has 0 spiro atoms. The molecule has 0 aliphatic heterocycles. The number of nitrogens with two attached hydrogens (primary N) is 1. The van der Waals surface area contributed by atoms with Gasteiger partial charge in [0.2, 0.25) is 0 Å². The van der Waals surface area contributed by atoms with Crippen LogP contribution in [0, 0.1) is 0 Å². The number of thiophene rings is 1. The fourth-order valence-corrected chi connectivity index (χ4v) is 3.61. The molecule has 0 aliphatic carbocycles. The molecule has 0 radical (unpaired) electrons. The molecule has 0 saturated heterocycles. The molecular formula is C16H20BrNO2S. The number of hydrogen-bond donors (Lipinski definition) is 2. The third-order valence-electron chi connectivity index (χ3n) is 3.32. The highest BCUT2D eigenvalue weighted by atomic mass is 79.9. The molecule has 2 unspecified atom stereocenters. The zero-order valence-electron chi connectivity index (χ0n) is 12.0. The van der Waals surface area contributed by atoms with Gasteiger partial charge in [0.25, 0.3) is 0 Å². The summed E-state index contributed by atoms with van der Waals surface area (Å²) in [6.07, 6.45) is 1.37. The van der Waals surface area contributed by atoms with Crippen LogP contribution in [0.25, 0.3) is 0 Å². The van der Waals surface area contributed by atoms with Crippen molar-refractivity contribution in [3.63, 3.8) is 0 Å². The zero-order valence-corrected chi connectivity index (χ0v) is 14.4. The molecule has 1 aromatic carbocycles. The number of halogens is 1. The molecule has 0 amide bonds. The van der Waals surface area contributed by atoms with Crippen molar-refractivity contribution in [1.29, 1.82) is 0 Å². The maximum atomic E-state index is 8.94. The summed E-state index contributed by atoms with van der Waals surface area (Å²) in [7, 11) is 0. The number of hydrogen-bond acceptors (Lipinski definition) is 4. The second kappa shape index (κ2) is 7.94. The van der Waals surface area contributed by atoms with E-state index >= 15 is 0 Å². The van der Waals surface area contributed by atoms with Crippen LogP contribution in [-0.2, 0) is 6.42 Å². The monoisotopic (exact) mass is 369 g/mol. The molecule has 2 aromatic rings. The van der Waals surface area contributed by atoms with Gasteiger partial charge in [0.1, 0.15) is 11.9 Å². The lowest BCUT2D eigenvalue weighted by Gasteiger charge is -2.23. The second-order valence-electron chi connectivity index (χ2n) is 4.90. The van der Waals surface area contributed by atoms with E-state index in [0.29, 0.717) is 6.42 Å². The standard InChI is InChI=1S/C16H20BrNO2S/c1-2-14(18)16(15-9-12(17)10-21-15)20-13-5-3-11(4-6-13)7-8-19/h3-6,9-10,14,16,19H,2,7-8,18H2,1H3. The van der Waals surface area contributed by atoms with Crippen LogP contribution in [0.15, 0.2) is 40.2 Å². The summed E-state index contributed by atoms with van der Waals surface area (Å²) < 4.78 is 7.16. The van der Waals surface area contributed by atoms with Crippen molar-refractivity contribution in [2.45, 2.75) is 31.9 Å². The first-order chi connectivity index (χ1) is 10.1. The van der Waals surface area contributed by atoms with E-state index in [-0.39, 0.29) is 18.8 Å². The summed E-state index contributed by atoms with van der Waals surface area (Å²) in [6, 6.07) is 9.83. The van der Waals surface area contributed by atoms with Gasteiger partial charge >= 0.3 is 0 Å². The van der Waals surface area contributed by atoms with Crippen molar-refractivity contribution in [1.82, 2.24) is 0 Å². The lowest BCUT2D eigenvalue weighted by atomic mass is 10.1. The Morgan fingerprint density at radius 1 is 1.33 bits per heavy atom. The van der Waals surface area contributed by atoms with Gasteiger partial charge in [-0.05, 0) is 52.5 Å². The van der Waals surface area contributed by atoms with Crippen molar-refractivity contribution in [3.8, 4) is 5.75 Å². The van der Waals surface area contributed by atoms with E-state index in [4.69, 9.17) is 15.6 Å². The minimum Gasteiger partial charge on any atom is -0.483 e. The molecule has 21 heavy (non-hydrogen) atoms. The summed E-state index contributed by atoms with van der Waals surface area (Å²) in [5, 5.41) is 11.0. The predicted molar refractivity (Wildman–Crippen MR) is 90.9 cm³/mol. The van der Waals surface area contributed by atoms with Gasteiger partial charge < -0.3 is 15.6 Å². The molecule has 1 heterocycles. The SMILES string of the molecule is CCC(N)C(Oc1ccc(CCO)cc1)c1cc(Br)cs1. The minimum atomic E-state index is -0.144. The van der Waals surface area contributed by atoms with Crippen LogP contribution < -0.4 is 10.5 Å². The van der Waals surface area contributed by atoms with E-state index < -0.39 is 0 Å². The van der Waals surface area contributed by atoms with Crippen LogP contribution in [0.3, 0.4) is 0 Å². The first-order valence-electron chi connectivity index (χ1n) is 7.00. The molecule has 3 N–H and O–H groups in total. The summed E-state index contributed by atoms with van der Waals surface area (Å²) in [5.41, 5.74) is 7.31. The third-order valence-corrected chi connectivity index (χ3v) is 5.07. The Hall–Kier alpha value is -0.880. The van der Waals surface area contributed by atoms with Gasteiger partial charge in [-0.15, -0.1) is 11.3 Å². The number of ether oxygens (including phenoxy) is 1. The summed E-state index contributed by atoms with van der Waals surface area (Å²) in [4.78, 5) is 1.12. The Labute approximate surface area is 137 Å². The Balaban J connectivity index is 2.15. The van der Waals surface area contributed by atoms with Gasteiger partial charge in [-0.1, -0.05) is 19.1 Å². The van der Waals surface area contributed by atoms with Crippen molar-refractivity contribution < 1.29 is 9.84 Å². The average molecular weight is 370 g/mol. The van der Waals surface area contributed by atoms with Crippen LogP contribution in [0.5, 0.6) is 5.75 Å². The maximum Gasteiger partial charge on any atom is 0.148 e. The largest absolute Gasteiger partial charge is 0.483 e. The third kappa shape index (κ3) is 4.54. The van der Waals surface area contributed by atoms with E-state index in [1.165, 1.54) is 0 Å². The minimum absolute atomic E-state index is 0.0485.